The quantitative estimate of drug-likeness (QED) is 0.595. The molecule has 0 unspecified atom stereocenters. The van der Waals surface area contributed by atoms with Crippen LogP contribution in [0.25, 0.3) is 0 Å². The van der Waals surface area contributed by atoms with Crippen molar-refractivity contribution in [1.82, 2.24) is 25.0 Å². The second-order valence-corrected chi connectivity index (χ2v) is 7.73. The van der Waals surface area contributed by atoms with Gasteiger partial charge in [0.25, 0.3) is 5.91 Å². The molecule has 2 heterocycles. The molecule has 1 aromatic heterocycles. The molecule has 0 saturated carbocycles. The van der Waals surface area contributed by atoms with Gasteiger partial charge in [0.15, 0.2) is 5.16 Å². The average Bonchev–Trinajstić information content (AvgIpc) is 3.08. The van der Waals surface area contributed by atoms with Crippen molar-refractivity contribution >= 4 is 23.7 Å². The molecular formula is C18H23N5O2S. The third-order valence-corrected chi connectivity index (χ3v) is 5.25. The number of nitrogens with zero attached hydrogens (tertiary/aromatic N) is 4. The Balaban J connectivity index is 1.62. The number of benzene rings is 1. The molecule has 3 amide bonds. The summed E-state index contributed by atoms with van der Waals surface area (Å²) in [5.41, 5.74) is 0.362. The molecule has 26 heavy (non-hydrogen) atoms. The summed E-state index contributed by atoms with van der Waals surface area (Å²) in [6, 6.07) is 9.82. The van der Waals surface area contributed by atoms with Gasteiger partial charge in [0, 0.05) is 25.3 Å². The Morgan fingerprint density at radius 3 is 2.50 bits per heavy atom. The lowest BCUT2D eigenvalue weighted by molar-refractivity contribution is -0.130. The van der Waals surface area contributed by atoms with Gasteiger partial charge in [0.2, 0.25) is 0 Å². The van der Waals surface area contributed by atoms with Crippen LogP contribution in [-0.4, -0.2) is 49.4 Å². The predicted octanol–water partition coefficient (Wildman–Crippen LogP) is 2.31. The van der Waals surface area contributed by atoms with Crippen LogP contribution < -0.4 is 5.32 Å². The van der Waals surface area contributed by atoms with Gasteiger partial charge in [-0.1, -0.05) is 42.1 Å². The zero-order valence-electron chi connectivity index (χ0n) is 15.2. The zero-order valence-corrected chi connectivity index (χ0v) is 16.0. The molecule has 0 bridgehead atoms. The van der Waals surface area contributed by atoms with E-state index in [0.29, 0.717) is 12.3 Å². The Labute approximate surface area is 157 Å². The predicted molar refractivity (Wildman–Crippen MR) is 100.0 cm³/mol. The Kier molecular flexibility index (Phi) is 5.31. The van der Waals surface area contributed by atoms with Crippen LogP contribution in [0.5, 0.6) is 0 Å². The van der Waals surface area contributed by atoms with Crippen LogP contribution >= 0.6 is 11.8 Å². The number of rotatable bonds is 7. The van der Waals surface area contributed by atoms with Crippen LogP contribution in [0, 0.1) is 0 Å². The molecule has 8 heteroatoms. The van der Waals surface area contributed by atoms with Crippen LogP contribution in [0.2, 0.25) is 0 Å². The highest BCUT2D eigenvalue weighted by atomic mass is 32.2. The van der Waals surface area contributed by atoms with Gasteiger partial charge in [-0.2, -0.15) is 0 Å². The monoisotopic (exact) mass is 373 g/mol. The first-order valence-corrected chi connectivity index (χ1v) is 9.64. The molecular weight excluding hydrogens is 350 g/mol. The second-order valence-electron chi connectivity index (χ2n) is 6.67. The Bertz CT molecular complexity index is 803. The normalized spacial score (nSPS) is 16.2. The largest absolute Gasteiger partial charge is 0.325 e. The van der Waals surface area contributed by atoms with E-state index < -0.39 is 5.54 Å². The van der Waals surface area contributed by atoms with E-state index in [-0.39, 0.29) is 11.9 Å². The molecule has 1 aliphatic heterocycles. The van der Waals surface area contributed by atoms with Gasteiger partial charge in [0.1, 0.15) is 11.4 Å². The molecule has 1 saturated heterocycles. The molecule has 7 nitrogen and oxygen atoms in total. The van der Waals surface area contributed by atoms with Crippen LogP contribution in [0.15, 0.2) is 35.5 Å². The van der Waals surface area contributed by atoms with Crippen molar-refractivity contribution in [2.24, 2.45) is 0 Å². The molecule has 1 fully saturated rings. The van der Waals surface area contributed by atoms with E-state index >= 15 is 0 Å². The highest BCUT2D eigenvalue weighted by Gasteiger charge is 2.43. The number of imide groups is 1. The van der Waals surface area contributed by atoms with Gasteiger partial charge < -0.3 is 9.88 Å². The first-order valence-electron chi connectivity index (χ1n) is 8.65. The topological polar surface area (TPSA) is 80.1 Å². The molecule has 0 spiro atoms. The van der Waals surface area contributed by atoms with Crippen molar-refractivity contribution in [1.29, 1.82) is 0 Å². The average molecular weight is 373 g/mol. The van der Waals surface area contributed by atoms with Gasteiger partial charge in [-0.3, -0.25) is 9.69 Å². The lowest BCUT2D eigenvalue weighted by atomic mass is 10.1. The standard InChI is InChI=1S/C18H23N5O2S/c1-4-22-14(12-13-8-6-5-7-9-13)20-21-17(22)26-11-10-23-15(24)18(2,3)19-16(23)25/h5-9H,4,10-12H2,1-3H3,(H,19,25). The maximum absolute atomic E-state index is 12.2. The molecule has 1 N–H and O–H groups in total. The molecule has 1 aromatic carbocycles. The van der Waals surface area contributed by atoms with Gasteiger partial charge in [0.05, 0.1) is 0 Å². The van der Waals surface area contributed by atoms with Crippen LogP contribution in [0.4, 0.5) is 4.79 Å². The molecule has 1 aliphatic rings. The lowest BCUT2D eigenvalue weighted by Crippen LogP contribution is -2.40. The number of thioether (sulfide) groups is 1. The lowest BCUT2D eigenvalue weighted by Gasteiger charge is -2.15. The van der Waals surface area contributed by atoms with E-state index in [0.717, 1.165) is 23.9 Å². The maximum Gasteiger partial charge on any atom is 0.325 e. The number of carbonyl (C=O) groups is 2. The van der Waals surface area contributed by atoms with E-state index in [1.807, 2.05) is 18.2 Å². The van der Waals surface area contributed by atoms with Crippen molar-refractivity contribution in [2.75, 3.05) is 12.3 Å². The minimum Gasteiger partial charge on any atom is -0.324 e. The molecule has 0 aliphatic carbocycles. The fraction of sp³-hybridized carbons (Fsp3) is 0.444. The zero-order chi connectivity index (χ0) is 18.7. The van der Waals surface area contributed by atoms with E-state index in [9.17, 15) is 9.59 Å². The van der Waals surface area contributed by atoms with Crippen LogP contribution in [-0.2, 0) is 17.8 Å². The fourth-order valence-corrected chi connectivity index (χ4v) is 3.85. The van der Waals surface area contributed by atoms with Crippen molar-refractivity contribution in [2.45, 2.75) is 44.4 Å². The Morgan fingerprint density at radius 1 is 1.15 bits per heavy atom. The summed E-state index contributed by atoms with van der Waals surface area (Å²) in [7, 11) is 0. The highest BCUT2D eigenvalue weighted by molar-refractivity contribution is 7.99. The number of nitrogens with one attached hydrogen (secondary N) is 1. The number of carbonyl (C=O) groups excluding carboxylic acids is 2. The summed E-state index contributed by atoms with van der Waals surface area (Å²) in [6.45, 7) is 6.60. The van der Waals surface area contributed by atoms with Crippen molar-refractivity contribution in [3.8, 4) is 0 Å². The van der Waals surface area contributed by atoms with Gasteiger partial charge in [-0.15, -0.1) is 10.2 Å². The first kappa shape index (κ1) is 18.4. The molecule has 3 rings (SSSR count). The van der Waals surface area contributed by atoms with Crippen molar-refractivity contribution < 1.29 is 9.59 Å². The third-order valence-electron chi connectivity index (χ3n) is 4.31. The molecule has 0 radical (unpaired) electrons. The van der Waals surface area contributed by atoms with E-state index in [2.05, 4.69) is 39.1 Å². The number of hydrogen-bond acceptors (Lipinski definition) is 5. The van der Waals surface area contributed by atoms with Gasteiger partial charge in [-0.05, 0) is 26.3 Å². The fourth-order valence-electron chi connectivity index (χ4n) is 2.90. The van der Waals surface area contributed by atoms with E-state index in [1.165, 1.54) is 22.2 Å². The van der Waals surface area contributed by atoms with E-state index in [1.54, 1.807) is 13.8 Å². The SMILES string of the molecule is CCn1c(Cc2ccccc2)nnc1SCCN1C(=O)NC(C)(C)C1=O. The van der Waals surface area contributed by atoms with Gasteiger partial charge >= 0.3 is 6.03 Å². The van der Waals surface area contributed by atoms with Crippen LogP contribution in [0.1, 0.15) is 32.2 Å². The number of amides is 3. The Morgan fingerprint density at radius 2 is 1.88 bits per heavy atom. The van der Waals surface area contributed by atoms with Crippen molar-refractivity contribution in [3.63, 3.8) is 0 Å². The molecule has 2 aromatic rings. The maximum atomic E-state index is 12.2. The van der Waals surface area contributed by atoms with E-state index in [4.69, 9.17) is 0 Å². The number of hydrogen-bond donors (Lipinski definition) is 1. The minimum absolute atomic E-state index is 0.190. The van der Waals surface area contributed by atoms with Crippen LogP contribution in [0.3, 0.4) is 0 Å². The highest BCUT2D eigenvalue weighted by Crippen LogP contribution is 2.21. The first-order chi connectivity index (χ1) is 12.4. The summed E-state index contributed by atoms with van der Waals surface area (Å²) >= 11 is 1.51. The summed E-state index contributed by atoms with van der Waals surface area (Å²) in [5.74, 6) is 1.31. The number of aromatic nitrogens is 3. The van der Waals surface area contributed by atoms with Crippen molar-refractivity contribution in [3.05, 3.63) is 41.7 Å². The molecule has 138 valence electrons. The molecule has 0 atom stereocenters. The summed E-state index contributed by atoms with van der Waals surface area (Å²) in [4.78, 5) is 25.4. The summed E-state index contributed by atoms with van der Waals surface area (Å²) in [5, 5.41) is 12.1. The number of urea groups is 1. The summed E-state index contributed by atoms with van der Waals surface area (Å²) < 4.78 is 2.08. The van der Waals surface area contributed by atoms with Gasteiger partial charge in [-0.25, -0.2) is 4.79 Å². The smallest absolute Gasteiger partial charge is 0.324 e. The minimum atomic E-state index is -0.825. The Hall–Kier alpha value is -2.35. The second kappa shape index (κ2) is 7.49. The summed E-state index contributed by atoms with van der Waals surface area (Å²) in [6.07, 6.45) is 0.726. The third kappa shape index (κ3) is 3.75.